The molecule has 5 rings (SSSR count). The number of hydrogen-bond donors (Lipinski definition) is 0. The molecule has 28 heavy (non-hydrogen) atoms. The first-order chi connectivity index (χ1) is 13.9. The van der Waals surface area contributed by atoms with Gasteiger partial charge in [0.05, 0.1) is 13.2 Å². The molecule has 0 unspecified atom stereocenters. The highest BCUT2D eigenvalue weighted by atomic mass is 16.5. The minimum atomic E-state index is 0.864. The summed E-state index contributed by atoms with van der Waals surface area (Å²) >= 11 is 0. The Bertz CT molecular complexity index is 1060. The van der Waals surface area contributed by atoms with Crippen molar-refractivity contribution in [3.05, 3.63) is 89.5 Å². The molecule has 0 spiro atoms. The van der Waals surface area contributed by atoms with Crippen LogP contribution >= 0.6 is 0 Å². The van der Waals surface area contributed by atoms with E-state index in [1.54, 1.807) is 0 Å². The number of fused-ring (bicyclic) bond motifs is 2. The van der Waals surface area contributed by atoms with Crippen LogP contribution in [0.25, 0.3) is 28.0 Å². The van der Waals surface area contributed by atoms with Gasteiger partial charge in [0.25, 0.3) is 0 Å². The van der Waals surface area contributed by atoms with Crippen LogP contribution in [0.1, 0.15) is 23.1 Å². The molecular formula is C26H25NO. The largest absolute Gasteiger partial charge is 0.379 e. The average Bonchev–Trinajstić information content (AvgIpc) is 3.10. The van der Waals surface area contributed by atoms with Crippen LogP contribution in [0, 0.1) is 0 Å². The van der Waals surface area contributed by atoms with E-state index >= 15 is 0 Å². The van der Waals surface area contributed by atoms with Gasteiger partial charge in [0.2, 0.25) is 0 Å². The van der Waals surface area contributed by atoms with E-state index in [1.165, 1.54) is 38.6 Å². The van der Waals surface area contributed by atoms with E-state index in [9.17, 15) is 0 Å². The number of allylic oxidation sites excluding steroid dienone is 2. The molecule has 1 fully saturated rings. The molecule has 0 atom stereocenters. The zero-order chi connectivity index (χ0) is 18.8. The fraction of sp³-hybridized carbons (Fsp3) is 0.231. The van der Waals surface area contributed by atoms with Gasteiger partial charge in [-0.1, -0.05) is 66.7 Å². The van der Waals surface area contributed by atoms with Crippen molar-refractivity contribution in [1.82, 2.24) is 4.90 Å². The standard InChI is InChI=1S/C26H25NO/c1-2-6-22-17-20(9-10-21(22)5-1)18-24-19-23(25-7-3-4-8-26(24)25)11-12-27-13-15-28-16-14-27/h1-10,17-19H,11-16H2/b24-18+. The van der Waals surface area contributed by atoms with Gasteiger partial charge in [-0.3, -0.25) is 4.90 Å². The fourth-order valence-corrected chi connectivity index (χ4v) is 4.26. The van der Waals surface area contributed by atoms with E-state index in [0.717, 1.165) is 39.3 Å². The minimum Gasteiger partial charge on any atom is -0.379 e. The van der Waals surface area contributed by atoms with Crippen LogP contribution in [-0.2, 0) is 4.74 Å². The molecule has 140 valence electrons. The summed E-state index contributed by atoms with van der Waals surface area (Å²) in [7, 11) is 0. The first-order valence-electron chi connectivity index (χ1n) is 10.2. The van der Waals surface area contributed by atoms with Crippen LogP contribution in [0.5, 0.6) is 0 Å². The predicted molar refractivity (Wildman–Crippen MR) is 118 cm³/mol. The number of hydrogen-bond acceptors (Lipinski definition) is 2. The van der Waals surface area contributed by atoms with Crippen molar-refractivity contribution in [3.63, 3.8) is 0 Å². The van der Waals surface area contributed by atoms with Gasteiger partial charge in [-0.15, -0.1) is 0 Å². The minimum absolute atomic E-state index is 0.864. The summed E-state index contributed by atoms with van der Waals surface area (Å²) in [5, 5.41) is 2.58. The van der Waals surface area contributed by atoms with Gasteiger partial charge in [0.1, 0.15) is 0 Å². The van der Waals surface area contributed by atoms with Crippen molar-refractivity contribution in [1.29, 1.82) is 0 Å². The van der Waals surface area contributed by atoms with Crippen LogP contribution in [0.15, 0.2) is 72.8 Å². The number of ether oxygens (including phenoxy) is 1. The monoisotopic (exact) mass is 367 g/mol. The molecule has 2 nitrogen and oxygen atoms in total. The van der Waals surface area contributed by atoms with E-state index in [1.807, 2.05) is 0 Å². The summed E-state index contributed by atoms with van der Waals surface area (Å²) in [5.74, 6) is 0. The Hall–Kier alpha value is -2.68. The second kappa shape index (κ2) is 7.75. The normalized spacial score (nSPS) is 18.4. The van der Waals surface area contributed by atoms with Gasteiger partial charge >= 0.3 is 0 Å². The molecule has 3 aromatic carbocycles. The van der Waals surface area contributed by atoms with Gasteiger partial charge < -0.3 is 4.74 Å². The molecule has 0 N–H and O–H groups in total. The number of benzene rings is 3. The van der Waals surface area contributed by atoms with Crippen molar-refractivity contribution in [2.24, 2.45) is 0 Å². The topological polar surface area (TPSA) is 12.5 Å². The molecule has 2 aliphatic rings. The summed E-state index contributed by atoms with van der Waals surface area (Å²) in [4.78, 5) is 2.51. The van der Waals surface area contributed by atoms with Crippen molar-refractivity contribution >= 4 is 28.0 Å². The van der Waals surface area contributed by atoms with Crippen molar-refractivity contribution < 1.29 is 4.74 Å². The third kappa shape index (κ3) is 3.54. The fourth-order valence-electron chi connectivity index (χ4n) is 4.26. The zero-order valence-corrected chi connectivity index (χ0v) is 16.1. The molecule has 0 aromatic heterocycles. The van der Waals surface area contributed by atoms with Crippen LogP contribution in [0.4, 0.5) is 0 Å². The second-order valence-electron chi connectivity index (χ2n) is 7.63. The Morgan fingerprint density at radius 3 is 2.43 bits per heavy atom. The van der Waals surface area contributed by atoms with Crippen LogP contribution < -0.4 is 0 Å². The van der Waals surface area contributed by atoms with E-state index in [-0.39, 0.29) is 0 Å². The smallest absolute Gasteiger partial charge is 0.0594 e. The highest BCUT2D eigenvalue weighted by Gasteiger charge is 2.19. The molecule has 3 aromatic rings. The van der Waals surface area contributed by atoms with Crippen LogP contribution in [0.2, 0.25) is 0 Å². The average molecular weight is 367 g/mol. The lowest BCUT2D eigenvalue weighted by Crippen LogP contribution is -2.36. The quantitative estimate of drug-likeness (QED) is 0.604. The molecule has 1 aliphatic heterocycles. The van der Waals surface area contributed by atoms with E-state index in [2.05, 4.69) is 83.8 Å². The maximum Gasteiger partial charge on any atom is 0.0594 e. The summed E-state index contributed by atoms with van der Waals surface area (Å²) in [6.07, 6.45) is 5.80. The molecule has 1 saturated heterocycles. The van der Waals surface area contributed by atoms with E-state index in [4.69, 9.17) is 4.74 Å². The second-order valence-corrected chi connectivity index (χ2v) is 7.63. The third-order valence-electron chi connectivity index (χ3n) is 5.81. The Kier molecular flexibility index (Phi) is 4.82. The maximum absolute atomic E-state index is 5.48. The molecule has 0 radical (unpaired) electrons. The van der Waals surface area contributed by atoms with Gasteiger partial charge in [-0.25, -0.2) is 0 Å². The van der Waals surface area contributed by atoms with Crippen molar-refractivity contribution in [2.75, 3.05) is 32.8 Å². The first-order valence-corrected chi connectivity index (χ1v) is 10.2. The molecule has 0 bridgehead atoms. The summed E-state index contributed by atoms with van der Waals surface area (Å²) in [6, 6.07) is 24.1. The van der Waals surface area contributed by atoms with Gasteiger partial charge in [-0.2, -0.15) is 0 Å². The number of nitrogens with zero attached hydrogens (tertiary/aromatic N) is 1. The Balaban J connectivity index is 1.44. The van der Waals surface area contributed by atoms with Crippen LogP contribution in [0.3, 0.4) is 0 Å². The lowest BCUT2D eigenvalue weighted by atomic mass is 10.0. The van der Waals surface area contributed by atoms with E-state index in [0.29, 0.717) is 0 Å². The zero-order valence-electron chi connectivity index (χ0n) is 16.1. The molecule has 2 heteroatoms. The SMILES string of the molecule is C1=C(CCN2CCOCC2)c2ccccc2/C1=C/c1ccc2ccccc2c1. The molecule has 1 heterocycles. The van der Waals surface area contributed by atoms with Gasteiger partial charge in [0.15, 0.2) is 0 Å². The number of rotatable bonds is 4. The maximum atomic E-state index is 5.48. The van der Waals surface area contributed by atoms with Crippen molar-refractivity contribution in [3.8, 4) is 0 Å². The highest BCUT2D eigenvalue weighted by molar-refractivity contribution is 6.02. The van der Waals surface area contributed by atoms with Crippen molar-refractivity contribution in [2.45, 2.75) is 6.42 Å². The Labute approximate surface area is 166 Å². The highest BCUT2D eigenvalue weighted by Crippen LogP contribution is 2.38. The summed E-state index contributed by atoms with van der Waals surface area (Å²) in [6.45, 7) is 4.93. The Morgan fingerprint density at radius 2 is 1.57 bits per heavy atom. The predicted octanol–water partition coefficient (Wildman–Crippen LogP) is 5.50. The van der Waals surface area contributed by atoms with Gasteiger partial charge in [-0.05, 0) is 57.2 Å². The van der Waals surface area contributed by atoms with E-state index < -0.39 is 0 Å². The Morgan fingerprint density at radius 1 is 0.821 bits per heavy atom. The summed E-state index contributed by atoms with van der Waals surface area (Å²) in [5.41, 5.74) is 6.78. The molecule has 0 amide bonds. The first kappa shape index (κ1) is 17.4. The molecular weight excluding hydrogens is 342 g/mol. The van der Waals surface area contributed by atoms with Gasteiger partial charge in [0, 0.05) is 19.6 Å². The summed E-state index contributed by atoms with van der Waals surface area (Å²) < 4.78 is 5.48. The third-order valence-corrected chi connectivity index (χ3v) is 5.81. The lowest BCUT2D eigenvalue weighted by Gasteiger charge is -2.26. The molecule has 0 saturated carbocycles. The number of morpholine rings is 1. The lowest BCUT2D eigenvalue weighted by molar-refractivity contribution is 0.0390. The molecule has 1 aliphatic carbocycles. The van der Waals surface area contributed by atoms with Crippen LogP contribution in [-0.4, -0.2) is 37.7 Å².